The molecule has 0 fully saturated rings. The van der Waals surface area contributed by atoms with Gasteiger partial charge in [0.2, 0.25) is 0 Å². The minimum absolute atomic E-state index is 0.116. The number of hydrogen-bond donors (Lipinski definition) is 2. The van der Waals surface area contributed by atoms with Crippen molar-refractivity contribution in [3.8, 4) is 0 Å². The quantitative estimate of drug-likeness (QED) is 0.498. The van der Waals surface area contributed by atoms with Gasteiger partial charge in [0.25, 0.3) is 11.8 Å². The van der Waals surface area contributed by atoms with Gasteiger partial charge < -0.3 is 20.1 Å². The molecule has 0 saturated carbocycles. The topological polar surface area (TPSA) is 111 Å². The first-order valence-electron chi connectivity index (χ1n) is 10.4. The predicted molar refractivity (Wildman–Crippen MR) is 125 cm³/mol. The van der Waals surface area contributed by atoms with Crippen LogP contribution in [0.25, 0.3) is 0 Å². The second-order valence-electron chi connectivity index (χ2n) is 6.85. The molecule has 0 aromatic carbocycles. The molecule has 2 aromatic heterocycles. The zero-order valence-electron chi connectivity index (χ0n) is 18.9. The summed E-state index contributed by atoms with van der Waals surface area (Å²) >= 11 is 2.35. The summed E-state index contributed by atoms with van der Waals surface area (Å²) in [6, 6.07) is 1.81. The zero-order chi connectivity index (χ0) is 23.8. The summed E-state index contributed by atoms with van der Waals surface area (Å²) in [4.78, 5) is 51.2. The largest absolute Gasteiger partial charge is 0.462 e. The van der Waals surface area contributed by atoms with Gasteiger partial charge in [-0.2, -0.15) is 0 Å². The summed E-state index contributed by atoms with van der Waals surface area (Å²) in [6.45, 7) is 7.01. The molecule has 0 aliphatic rings. The molecule has 2 heterocycles. The first kappa shape index (κ1) is 25.5. The minimum Gasteiger partial charge on any atom is -0.462 e. The molecular formula is C22H28N2O6S2. The van der Waals surface area contributed by atoms with E-state index in [1.807, 2.05) is 13.0 Å². The Kier molecular flexibility index (Phi) is 9.40. The van der Waals surface area contributed by atoms with E-state index in [-0.39, 0.29) is 28.0 Å². The number of carbonyl (C=O) groups excluding carboxylic acids is 4. The van der Waals surface area contributed by atoms with Crippen LogP contribution < -0.4 is 10.6 Å². The van der Waals surface area contributed by atoms with E-state index >= 15 is 0 Å². The van der Waals surface area contributed by atoms with E-state index in [0.29, 0.717) is 10.4 Å². The van der Waals surface area contributed by atoms with Crippen molar-refractivity contribution in [2.75, 3.05) is 25.6 Å². The molecule has 0 atom stereocenters. The summed E-state index contributed by atoms with van der Waals surface area (Å²) in [5, 5.41) is 5.25. The van der Waals surface area contributed by atoms with Crippen LogP contribution in [0.2, 0.25) is 0 Å². The van der Waals surface area contributed by atoms with Gasteiger partial charge in [0.15, 0.2) is 6.61 Å². The third-order valence-electron chi connectivity index (χ3n) is 4.60. The number of rotatable bonds is 10. The fraction of sp³-hybridized carbons (Fsp3) is 0.455. The Labute approximate surface area is 195 Å². The van der Waals surface area contributed by atoms with Crippen LogP contribution in [-0.4, -0.2) is 44.0 Å². The van der Waals surface area contributed by atoms with Crippen LogP contribution in [0.4, 0.5) is 5.00 Å². The molecule has 2 aromatic rings. The van der Waals surface area contributed by atoms with Crippen molar-refractivity contribution in [3.63, 3.8) is 0 Å². The van der Waals surface area contributed by atoms with E-state index < -0.39 is 24.5 Å². The highest BCUT2D eigenvalue weighted by Crippen LogP contribution is 2.34. The Morgan fingerprint density at radius 3 is 2.34 bits per heavy atom. The van der Waals surface area contributed by atoms with E-state index in [4.69, 9.17) is 9.47 Å². The lowest BCUT2D eigenvalue weighted by Crippen LogP contribution is -2.21. The lowest BCUT2D eigenvalue weighted by molar-refractivity contribution is -0.119. The molecule has 174 valence electrons. The van der Waals surface area contributed by atoms with Gasteiger partial charge >= 0.3 is 11.9 Å². The van der Waals surface area contributed by atoms with Crippen molar-refractivity contribution >= 4 is 51.4 Å². The Balaban J connectivity index is 2.13. The average molecular weight is 481 g/mol. The van der Waals surface area contributed by atoms with E-state index in [1.54, 1.807) is 13.8 Å². The monoisotopic (exact) mass is 480 g/mol. The highest BCUT2D eigenvalue weighted by atomic mass is 32.1. The smallest absolute Gasteiger partial charge is 0.348 e. The van der Waals surface area contributed by atoms with Crippen LogP contribution in [0.3, 0.4) is 0 Å². The molecule has 8 nitrogen and oxygen atoms in total. The Hall–Kier alpha value is -2.72. The number of nitrogens with one attached hydrogen (secondary N) is 2. The standard InChI is InChI=1S/C22H28N2O6S2/c1-6-9-14-13(7-2)10-15(31-14)21(27)30-11-16(25)24-20-17(22(28)29-8-3)12(4)18(32-20)19(26)23-5/h10H,6-9,11H2,1-5H3,(H,23,26)(H,24,25). The molecule has 0 unspecified atom stereocenters. The first-order chi connectivity index (χ1) is 15.3. The lowest BCUT2D eigenvalue weighted by atomic mass is 10.1. The number of carbonyl (C=O) groups is 4. The fourth-order valence-corrected chi connectivity index (χ4v) is 5.46. The highest BCUT2D eigenvalue weighted by molar-refractivity contribution is 7.18. The van der Waals surface area contributed by atoms with Gasteiger partial charge in [0.1, 0.15) is 9.88 Å². The number of anilines is 1. The van der Waals surface area contributed by atoms with E-state index in [1.165, 1.54) is 18.4 Å². The van der Waals surface area contributed by atoms with Gasteiger partial charge in [-0.05, 0) is 43.9 Å². The summed E-state index contributed by atoms with van der Waals surface area (Å²) in [5.74, 6) is -2.20. The summed E-state index contributed by atoms with van der Waals surface area (Å²) in [6.07, 6.45) is 2.69. The molecule has 0 saturated heterocycles. The molecule has 0 radical (unpaired) electrons. The van der Waals surface area contributed by atoms with Crippen LogP contribution in [-0.2, 0) is 27.1 Å². The van der Waals surface area contributed by atoms with Gasteiger partial charge in [-0.3, -0.25) is 9.59 Å². The average Bonchev–Trinajstić information content (AvgIpc) is 3.32. The number of hydrogen-bond acceptors (Lipinski definition) is 8. The SMILES string of the molecule is CCCc1sc(C(=O)OCC(=O)Nc2sc(C(=O)NC)c(C)c2C(=O)OCC)cc1CC. The maximum atomic E-state index is 12.4. The number of thiophene rings is 2. The summed E-state index contributed by atoms with van der Waals surface area (Å²) < 4.78 is 10.2. The molecule has 2 N–H and O–H groups in total. The fourth-order valence-electron chi connectivity index (χ4n) is 3.05. The number of ether oxygens (including phenoxy) is 2. The lowest BCUT2D eigenvalue weighted by Gasteiger charge is -2.07. The Bertz CT molecular complexity index is 1010. The third-order valence-corrected chi connectivity index (χ3v) is 7.03. The Morgan fingerprint density at radius 1 is 1.03 bits per heavy atom. The Morgan fingerprint density at radius 2 is 1.75 bits per heavy atom. The molecule has 0 bridgehead atoms. The molecule has 0 spiro atoms. The van der Waals surface area contributed by atoms with Gasteiger partial charge in [-0.15, -0.1) is 22.7 Å². The maximum absolute atomic E-state index is 12.4. The summed E-state index contributed by atoms with van der Waals surface area (Å²) in [7, 11) is 1.48. The van der Waals surface area contributed by atoms with Crippen LogP contribution in [0.15, 0.2) is 6.07 Å². The van der Waals surface area contributed by atoms with Gasteiger partial charge in [-0.25, -0.2) is 9.59 Å². The molecule has 2 amide bonds. The highest BCUT2D eigenvalue weighted by Gasteiger charge is 2.26. The van der Waals surface area contributed by atoms with Crippen LogP contribution in [0.5, 0.6) is 0 Å². The van der Waals surface area contributed by atoms with Crippen molar-refractivity contribution in [2.45, 2.75) is 47.0 Å². The van der Waals surface area contributed by atoms with E-state index in [0.717, 1.165) is 41.0 Å². The predicted octanol–water partition coefficient (Wildman–Crippen LogP) is 3.96. The second kappa shape index (κ2) is 11.8. The molecule has 0 aliphatic heterocycles. The number of aryl methyl sites for hydroxylation is 2. The molecule has 0 aliphatic carbocycles. The van der Waals surface area contributed by atoms with Crippen molar-refractivity contribution in [1.82, 2.24) is 5.32 Å². The van der Waals surface area contributed by atoms with Crippen molar-refractivity contribution < 1.29 is 28.7 Å². The third kappa shape index (κ3) is 5.95. The van der Waals surface area contributed by atoms with Crippen LogP contribution in [0.1, 0.15) is 72.9 Å². The van der Waals surface area contributed by atoms with Crippen molar-refractivity contribution in [1.29, 1.82) is 0 Å². The van der Waals surface area contributed by atoms with Gasteiger partial charge in [-0.1, -0.05) is 20.3 Å². The van der Waals surface area contributed by atoms with Crippen LogP contribution >= 0.6 is 22.7 Å². The number of esters is 2. The molecule has 10 heteroatoms. The minimum atomic E-state index is -0.641. The van der Waals surface area contributed by atoms with Gasteiger partial charge in [0.05, 0.1) is 17.0 Å². The van der Waals surface area contributed by atoms with E-state index in [2.05, 4.69) is 17.6 Å². The van der Waals surface area contributed by atoms with E-state index in [9.17, 15) is 19.2 Å². The zero-order valence-corrected chi connectivity index (χ0v) is 20.5. The number of amides is 2. The van der Waals surface area contributed by atoms with Gasteiger partial charge in [0, 0.05) is 11.9 Å². The maximum Gasteiger partial charge on any atom is 0.348 e. The van der Waals surface area contributed by atoms with Crippen molar-refractivity contribution in [3.05, 3.63) is 37.4 Å². The first-order valence-corrected chi connectivity index (χ1v) is 12.0. The van der Waals surface area contributed by atoms with Crippen molar-refractivity contribution in [2.24, 2.45) is 0 Å². The second-order valence-corrected chi connectivity index (χ2v) is 9.00. The molecule has 32 heavy (non-hydrogen) atoms. The molecular weight excluding hydrogens is 452 g/mol. The molecule has 2 rings (SSSR count). The normalized spacial score (nSPS) is 10.5. The summed E-state index contributed by atoms with van der Waals surface area (Å²) in [5.41, 5.74) is 1.64. The van der Waals surface area contributed by atoms with Crippen LogP contribution in [0, 0.1) is 6.92 Å².